The average molecular weight is 485 g/mol. The van der Waals surface area contributed by atoms with E-state index >= 15 is 0 Å². The quantitative estimate of drug-likeness (QED) is 0.697. The van der Waals surface area contributed by atoms with E-state index in [1.807, 2.05) is 49.9 Å². The third-order valence-corrected chi connectivity index (χ3v) is 7.67. The van der Waals surface area contributed by atoms with Crippen LogP contribution in [0.4, 0.5) is 10.6 Å². The molecule has 2 amide bonds. The molecule has 0 saturated carbocycles. The number of thioether (sulfide) groups is 1. The number of carbonyl (C=O) groups excluding carboxylic acids is 2. The zero-order valence-corrected chi connectivity index (χ0v) is 21.0. The summed E-state index contributed by atoms with van der Waals surface area (Å²) < 4.78 is 5.65. The number of fused-ring (bicyclic) bond motifs is 2. The molecule has 5 rings (SSSR count). The van der Waals surface area contributed by atoms with Gasteiger partial charge < -0.3 is 24.4 Å². The van der Waals surface area contributed by atoms with E-state index in [2.05, 4.69) is 19.9 Å². The Balaban J connectivity index is 1.34. The second-order valence-corrected chi connectivity index (χ2v) is 11.4. The Kier molecular flexibility index (Phi) is 5.95. The maximum Gasteiger partial charge on any atom is 0.410 e. The SMILES string of the molecule is Cc1c[nH]c2ncnc(N3C=C(C(=O)N4C[C@@H]5CCCN(C(=O)OC(C)(C)C)[C@@H]5C4)SCC3)c12. The van der Waals surface area contributed by atoms with E-state index in [0.29, 0.717) is 30.5 Å². The lowest BCUT2D eigenvalue weighted by Gasteiger charge is -2.37. The molecule has 0 bridgehead atoms. The Labute approximate surface area is 203 Å². The zero-order chi connectivity index (χ0) is 24.0. The summed E-state index contributed by atoms with van der Waals surface area (Å²) in [4.78, 5) is 44.9. The lowest BCUT2D eigenvalue weighted by molar-refractivity contribution is -0.125. The van der Waals surface area contributed by atoms with E-state index in [1.165, 1.54) is 0 Å². The minimum absolute atomic E-state index is 0.0156. The maximum atomic E-state index is 13.5. The van der Waals surface area contributed by atoms with Gasteiger partial charge in [-0.2, -0.15) is 0 Å². The normalized spacial score (nSPS) is 23.2. The lowest BCUT2D eigenvalue weighted by atomic mass is 9.92. The largest absolute Gasteiger partial charge is 0.444 e. The van der Waals surface area contributed by atoms with E-state index in [0.717, 1.165) is 47.6 Å². The molecule has 2 aromatic heterocycles. The predicted molar refractivity (Wildman–Crippen MR) is 133 cm³/mol. The molecule has 34 heavy (non-hydrogen) atoms. The van der Waals surface area contributed by atoms with Crippen LogP contribution in [0.2, 0.25) is 0 Å². The smallest absolute Gasteiger partial charge is 0.410 e. The molecule has 182 valence electrons. The van der Waals surface area contributed by atoms with E-state index < -0.39 is 5.60 Å². The first-order valence-corrected chi connectivity index (χ1v) is 12.9. The first-order chi connectivity index (χ1) is 16.2. The molecule has 0 radical (unpaired) electrons. The maximum absolute atomic E-state index is 13.5. The van der Waals surface area contributed by atoms with Crippen molar-refractivity contribution in [3.63, 3.8) is 0 Å². The van der Waals surface area contributed by atoms with Crippen LogP contribution in [-0.2, 0) is 9.53 Å². The van der Waals surface area contributed by atoms with Gasteiger partial charge in [0.15, 0.2) is 0 Å². The number of nitrogens with zero attached hydrogens (tertiary/aromatic N) is 5. The number of amides is 2. The predicted octanol–water partition coefficient (Wildman–Crippen LogP) is 3.52. The summed E-state index contributed by atoms with van der Waals surface area (Å²) >= 11 is 1.59. The van der Waals surface area contributed by atoms with Crippen LogP contribution in [0.5, 0.6) is 0 Å². The monoisotopic (exact) mass is 484 g/mol. The van der Waals surface area contributed by atoms with Gasteiger partial charge in [-0.3, -0.25) is 4.79 Å². The van der Waals surface area contributed by atoms with Crippen LogP contribution in [-0.4, -0.2) is 80.3 Å². The summed E-state index contributed by atoms with van der Waals surface area (Å²) in [6.45, 7) is 10.4. The van der Waals surface area contributed by atoms with Crippen molar-refractivity contribution in [1.82, 2.24) is 24.8 Å². The fourth-order valence-electron chi connectivity index (χ4n) is 5.15. The van der Waals surface area contributed by atoms with Crippen molar-refractivity contribution in [2.75, 3.05) is 36.8 Å². The third kappa shape index (κ3) is 4.35. The summed E-state index contributed by atoms with van der Waals surface area (Å²) in [5, 5.41) is 0.984. The number of rotatable bonds is 2. The molecule has 0 unspecified atom stereocenters. The first kappa shape index (κ1) is 23.0. The summed E-state index contributed by atoms with van der Waals surface area (Å²) in [5.41, 5.74) is 1.35. The van der Waals surface area contributed by atoms with Gasteiger partial charge in [0.25, 0.3) is 5.91 Å². The van der Waals surface area contributed by atoms with Gasteiger partial charge in [0.1, 0.15) is 23.4 Å². The van der Waals surface area contributed by atoms with E-state index in [1.54, 1.807) is 18.1 Å². The molecule has 2 saturated heterocycles. The van der Waals surface area contributed by atoms with Crippen LogP contribution < -0.4 is 4.90 Å². The van der Waals surface area contributed by atoms with Crippen LogP contribution in [0.3, 0.4) is 0 Å². The number of aryl methyl sites for hydroxylation is 1. The van der Waals surface area contributed by atoms with Crippen molar-refractivity contribution in [3.05, 3.63) is 29.2 Å². The Morgan fingerprint density at radius 1 is 1.21 bits per heavy atom. The average Bonchev–Trinajstić information content (AvgIpc) is 3.41. The summed E-state index contributed by atoms with van der Waals surface area (Å²) in [7, 11) is 0. The van der Waals surface area contributed by atoms with Crippen molar-refractivity contribution in [2.24, 2.45) is 5.92 Å². The molecule has 0 aromatic carbocycles. The van der Waals surface area contributed by atoms with Crippen LogP contribution in [0.25, 0.3) is 11.0 Å². The number of piperidine rings is 1. The third-order valence-electron chi connectivity index (χ3n) is 6.69. The highest BCUT2D eigenvalue weighted by atomic mass is 32.2. The number of carbonyl (C=O) groups is 2. The highest BCUT2D eigenvalue weighted by Crippen LogP contribution is 2.35. The number of hydrogen-bond acceptors (Lipinski definition) is 7. The molecular weight excluding hydrogens is 452 g/mol. The van der Waals surface area contributed by atoms with Crippen LogP contribution >= 0.6 is 11.8 Å². The van der Waals surface area contributed by atoms with Crippen LogP contribution in [0.1, 0.15) is 39.2 Å². The second-order valence-electron chi connectivity index (χ2n) is 10.3. The molecule has 0 aliphatic carbocycles. The summed E-state index contributed by atoms with van der Waals surface area (Å²) in [6.07, 6.45) is 7.10. The lowest BCUT2D eigenvalue weighted by Crippen LogP contribution is -2.50. The number of nitrogens with one attached hydrogen (secondary N) is 1. The number of aromatic nitrogens is 3. The van der Waals surface area contributed by atoms with Gasteiger partial charge in [0.05, 0.1) is 16.3 Å². The van der Waals surface area contributed by atoms with Gasteiger partial charge in [-0.15, -0.1) is 11.8 Å². The molecule has 2 aromatic rings. The second kappa shape index (κ2) is 8.79. The number of ether oxygens (including phenoxy) is 1. The van der Waals surface area contributed by atoms with Crippen molar-refractivity contribution >= 4 is 40.6 Å². The van der Waals surface area contributed by atoms with Crippen molar-refractivity contribution < 1.29 is 14.3 Å². The number of hydrogen-bond donors (Lipinski definition) is 1. The Bertz CT molecular complexity index is 1140. The standard InChI is InChI=1S/C24H32N6O3S/c1-15-10-25-20-19(15)21(27-14-26-20)28-8-9-34-18(13-28)22(31)29-11-16-6-5-7-30(17(16)12-29)23(32)33-24(2,3)4/h10,13-14,16-17H,5-9,11-12H2,1-4H3,(H,25,26,27)/t16-,17+/m0/s1. The molecular formula is C24H32N6O3S. The van der Waals surface area contributed by atoms with Crippen molar-refractivity contribution in [1.29, 1.82) is 0 Å². The molecule has 9 nitrogen and oxygen atoms in total. The van der Waals surface area contributed by atoms with Gasteiger partial charge in [0.2, 0.25) is 0 Å². The van der Waals surface area contributed by atoms with Crippen LogP contribution in [0.15, 0.2) is 23.6 Å². The van der Waals surface area contributed by atoms with Gasteiger partial charge in [-0.05, 0) is 52.0 Å². The highest BCUT2D eigenvalue weighted by molar-refractivity contribution is 8.04. The van der Waals surface area contributed by atoms with Gasteiger partial charge >= 0.3 is 6.09 Å². The fourth-order valence-corrected chi connectivity index (χ4v) is 6.11. The van der Waals surface area contributed by atoms with Crippen LogP contribution in [0, 0.1) is 12.8 Å². The molecule has 2 fully saturated rings. The summed E-state index contributed by atoms with van der Waals surface area (Å²) in [5.74, 6) is 1.95. The number of H-pyrrole nitrogens is 1. The Morgan fingerprint density at radius 3 is 2.82 bits per heavy atom. The van der Waals surface area contributed by atoms with Crippen molar-refractivity contribution in [2.45, 2.75) is 52.2 Å². The molecule has 0 spiro atoms. The summed E-state index contributed by atoms with van der Waals surface area (Å²) in [6, 6.07) is 0.0156. The highest BCUT2D eigenvalue weighted by Gasteiger charge is 2.44. The minimum Gasteiger partial charge on any atom is -0.444 e. The van der Waals surface area contributed by atoms with Gasteiger partial charge in [0, 0.05) is 44.3 Å². The Morgan fingerprint density at radius 2 is 2.03 bits per heavy atom. The number of anilines is 1. The molecule has 2 atom stereocenters. The molecule has 10 heteroatoms. The minimum atomic E-state index is -0.532. The van der Waals surface area contributed by atoms with E-state index in [4.69, 9.17) is 4.74 Å². The Hall–Kier alpha value is -2.75. The number of aromatic amines is 1. The van der Waals surface area contributed by atoms with Gasteiger partial charge in [-0.1, -0.05) is 0 Å². The topological polar surface area (TPSA) is 94.7 Å². The molecule has 1 N–H and O–H groups in total. The van der Waals surface area contributed by atoms with Crippen molar-refractivity contribution in [3.8, 4) is 0 Å². The fraction of sp³-hybridized carbons (Fsp3) is 0.583. The molecule has 3 aliphatic rings. The number of likely N-dealkylation sites (tertiary alicyclic amines) is 2. The molecule has 3 aliphatic heterocycles. The van der Waals surface area contributed by atoms with E-state index in [-0.39, 0.29) is 18.0 Å². The van der Waals surface area contributed by atoms with E-state index in [9.17, 15) is 9.59 Å². The van der Waals surface area contributed by atoms with Gasteiger partial charge in [-0.25, -0.2) is 14.8 Å². The first-order valence-electron chi connectivity index (χ1n) is 11.9. The zero-order valence-electron chi connectivity index (χ0n) is 20.2. The molecule has 5 heterocycles.